The van der Waals surface area contributed by atoms with Crippen LogP contribution in [0.2, 0.25) is 0 Å². The predicted octanol–water partition coefficient (Wildman–Crippen LogP) is 5.61. The first-order valence-corrected chi connectivity index (χ1v) is 12.0. The van der Waals surface area contributed by atoms with Gasteiger partial charge in [0.1, 0.15) is 24.5 Å². The number of allylic oxidation sites excluding steroid dienone is 1. The van der Waals surface area contributed by atoms with E-state index in [1.165, 1.54) is 0 Å². The van der Waals surface area contributed by atoms with Crippen LogP contribution < -0.4 is 20.7 Å². The average Bonchev–Trinajstić information content (AvgIpc) is 2.67. The van der Waals surface area contributed by atoms with E-state index in [2.05, 4.69) is 22.2 Å². The molecule has 0 unspecified atom stereocenters. The summed E-state index contributed by atoms with van der Waals surface area (Å²) in [6.45, 7) is 13.5. The van der Waals surface area contributed by atoms with Crippen LogP contribution in [-0.4, -0.2) is 26.3 Å². The monoisotopic (exact) mass is 411 g/mol. The Bertz CT molecular complexity index is 1000. The molecule has 0 saturated heterocycles. The molecule has 0 fully saturated rings. The van der Waals surface area contributed by atoms with Crippen LogP contribution in [0.5, 0.6) is 5.75 Å². The maximum atomic E-state index is 12.3. The zero-order chi connectivity index (χ0) is 21.6. The third-order valence-electron chi connectivity index (χ3n) is 4.54. The van der Waals surface area contributed by atoms with E-state index in [0.29, 0.717) is 23.1 Å². The highest BCUT2D eigenvalue weighted by Crippen LogP contribution is 2.37. The van der Waals surface area contributed by atoms with Crippen LogP contribution in [0.4, 0.5) is 11.4 Å². The van der Waals surface area contributed by atoms with E-state index in [0.717, 1.165) is 22.1 Å². The minimum atomic E-state index is -2.37. The molecule has 0 heterocycles. The quantitative estimate of drug-likeness (QED) is 0.353. The van der Waals surface area contributed by atoms with Crippen molar-refractivity contribution in [1.29, 1.82) is 0 Å². The molecule has 0 spiro atoms. The Kier molecular flexibility index (Phi) is 7.46. The van der Waals surface area contributed by atoms with Crippen molar-refractivity contribution in [2.75, 3.05) is 31.1 Å². The third kappa shape index (κ3) is 6.10. The number of hydrogen-bond donors (Lipinski definition) is 2. The number of rotatable bonds is 7. The molecule has 5 nitrogen and oxygen atoms in total. The van der Waals surface area contributed by atoms with Crippen LogP contribution in [0, 0.1) is 6.92 Å². The summed E-state index contributed by atoms with van der Waals surface area (Å²) in [4.78, 5) is 4.65. The van der Waals surface area contributed by atoms with E-state index in [9.17, 15) is 4.57 Å². The minimum Gasteiger partial charge on any atom is -0.495 e. The van der Waals surface area contributed by atoms with Gasteiger partial charge in [-0.1, -0.05) is 30.9 Å². The van der Waals surface area contributed by atoms with Crippen LogP contribution in [-0.2, 0) is 4.57 Å². The lowest BCUT2D eigenvalue weighted by Crippen LogP contribution is -2.16. The molecular weight excluding hydrogens is 381 g/mol. The lowest BCUT2D eigenvalue weighted by atomic mass is 10.2. The minimum absolute atomic E-state index is 0.463. The zero-order valence-corrected chi connectivity index (χ0v) is 18.9. The van der Waals surface area contributed by atoms with E-state index < -0.39 is 7.14 Å². The fourth-order valence-corrected chi connectivity index (χ4v) is 3.49. The number of para-hydroxylation sites is 1. The van der Waals surface area contributed by atoms with Gasteiger partial charge in [0.2, 0.25) is 0 Å². The van der Waals surface area contributed by atoms with Gasteiger partial charge < -0.3 is 19.9 Å². The SMILES string of the molecule is C=C(/N=C(Nc1ccccc1C)\C(C)=C/C)Nc1ccc(P(C)(C)=O)cc1OC. The van der Waals surface area contributed by atoms with Gasteiger partial charge in [0.05, 0.1) is 12.8 Å². The normalized spacial score (nSPS) is 12.5. The maximum Gasteiger partial charge on any atom is 0.143 e. The van der Waals surface area contributed by atoms with Gasteiger partial charge in [-0.3, -0.25) is 0 Å². The first-order chi connectivity index (χ1) is 13.7. The van der Waals surface area contributed by atoms with E-state index in [1.807, 2.05) is 63.2 Å². The standard InChI is InChI=1S/C23H30N3O2P/c1-8-16(2)23(26-20-12-10-9-11-17(20)3)25-18(4)24-21-14-13-19(29(6,7)27)15-22(21)28-5/h8-15,24H,4H2,1-3,5-7H3,(H,25,26)/b16-8-. The number of hydrogen-bond acceptors (Lipinski definition) is 4. The van der Waals surface area contributed by atoms with Gasteiger partial charge in [-0.05, 0) is 69.5 Å². The van der Waals surface area contributed by atoms with Gasteiger partial charge >= 0.3 is 0 Å². The van der Waals surface area contributed by atoms with Gasteiger partial charge in [-0.2, -0.15) is 0 Å². The van der Waals surface area contributed by atoms with Crippen LogP contribution in [0.15, 0.2) is 71.5 Å². The molecule has 2 aromatic rings. The Hall–Kier alpha value is -2.78. The number of amidine groups is 1. The summed E-state index contributed by atoms with van der Waals surface area (Å²) in [5.74, 6) is 1.77. The third-order valence-corrected chi connectivity index (χ3v) is 6.06. The highest BCUT2D eigenvalue weighted by molar-refractivity contribution is 7.70. The highest BCUT2D eigenvalue weighted by Gasteiger charge is 2.14. The number of methoxy groups -OCH3 is 1. The van der Waals surface area contributed by atoms with Gasteiger partial charge in [0, 0.05) is 11.0 Å². The summed E-state index contributed by atoms with van der Waals surface area (Å²) in [5, 5.41) is 7.34. The number of aryl methyl sites for hydroxylation is 1. The molecular formula is C23H30N3O2P. The lowest BCUT2D eigenvalue weighted by Gasteiger charge is -2.16. The van der Waals surface area contributed by atoms with E-state index in [1.54, 1.807) is 26.5 Å². The molecule has 2 N–H and O–H groups in total. The molecule has 0 atom stereocenters. The highest BCUT2D eigenvalue weighted by atomic mass is 31.2. The first kappa shape index (κ1) is 22.5. The maximum absolute atomic E-state index is 12.3. The second-order valence-electron chi connectivity index (χ2n) is 7.18. The molecule has 0 aliphatic heterocycles. The number of benzene rings is 2. The predicted molar refractivity (Wildman–Crippen MR) is 127 cm³/mol. The Morgan fingerprint density at radius 1 is 1.14 bits per heavy atom. The molecule has 6 heteroatoms. The largest absolute Gasteiger partial charge is 0.495 e. The van der Waals surface area contributed by atoms with Gasteiger partial charge in [0.15, 0.2) is 0 Å². The van der Waals surface area contributed by atoms with Crippen molar-refractivity contribution in [1.82, 2.24) is 0 Å². The van der Waals surface area contributed by atoms with Crippen molar-refractivity contribution in [3.05, 3.63) is 72.1 Å². The number of ether oxygens (including phenoxy) is 1. The first-order valence-electron chi connectivity index (χ1n) is 9.40. The molecule has 0 aliphatic rings. The second-order valence-corrected chi connectivity index (χ2v) is 10.4. The topological polar surface area (TPSA) is 62.7 Å². The Balaban J connectivity index is 2.30. The Morgan fingerprint density at radius 2 is 1.83 bits per heavy atom. The molecule has 29 heavy (non-hydrogen) atoms. The summed E-state index contributed by atoms with van der Waals surface area (Å²) in [6.07, 6.45) is 1.99. The van der Waals surface area contributed by atoms with Gasteiger partial charge in [0.25, 0.3) is 0 Å². The summed E-state index contributed by atoms with van der Waals surface area (Å²) in [7, 11) is -0.786. The van der Waals surface area contributed by atoms with E-state index in [4.69, 9.17) is 4.74 Å². The Morgan fingerprint density at radius 3 is 2.41 bits per heavy atom. The number of nitrogens with one attached hydrogen (secondary N) is 2. The zero-order valence-electron chi connectivity index (χ0n) is 18.0. The molecule has 0 radical (unpaired) electrons. The molecule has 2 aromatic carbocycles. The van der Waals surface area contributed by atoms with E-state index >= 15 is 0 Å². The van der Waals surface area contributed by atoms with E-state index in [-0.39, 0.29) is 0 Å². The molecule has 0 amide bonds. The van der Waals surface area contributed by atoms with Crippen molar-refractivity contribution in [2.24, 2.45) is 4.99 Å². The van der Waals surface area contributed by atoms with Crippen LogP contribution in [0.3, 0.4) is 0 Å². The van der Waals surface area contributed by atoms with Gasteiger partial charge in [-0.15, -0.1) is 0 Å². The smallest absolute Gasteiger partial charge is 0.143 e. The fourth-order valence-electron chi connectivity index (χ4n) is 2.63. The van der Waals surface area contributed by atoms with Crippen molar-refractivity contribution in [3.8, 4) is 5.75 Å². The molecule has 154 valence electrons. The number of anilines is 2. The van der Waals surface area contributed by atoms with Crippen LogP contribution >= 0.6 is 7.14 Å². The fraction of sp³-hybridized carbons (Fsp3) is 0.261. The summed E-state index contributed by atoms with van der Waals surface area (Å²) in [5.41, 5.74) is 3.83. The molecule has 0 saturated carbocycles. The van der Waals surface area contributed by atoms with Crippen molar-refractivity contribution >= 4 is 29.7 Å². The summed E-state index contributed by atoms with van der Waals surface area (Å²) >= 11 is 0. The average molecular weight is 411 g/mol. The van der Waals surface area contributed by atoms with Gasteiger partial charge in [-0.25, -0.2) is 4.99 Å². The number of aliphatic imine (C=N–C) groups is 1. The lowest BCUT2D eigenvalue weighted by molar-refractivity contribution is 0.417. The molecule has 0 aliphatic carbocycles. The van der Waals surface area contributed by atoms with Crippen molar-refractivity contribution < 1.29 is 9.30 Å². The molecule has 0 aromatic heterocycles. The molecule has 0 bridgehead atoms. The number of nitrogens with zero attached hydrogens (tertiary/aromatic N) is 1. The van der Waals surface area contributed by atoms with Crippen LogP contribution in [0.25, 0.3) is 0 Å². The van der Waals surface area contributed by atoms with Crippen molar-refractivity contribution in [3.63, 3.8) is 0 Å². The summed E-state index contributed by atoms with van der Waals surface area (Å²) < 4.78 is 17.8. The summed E-state index contributed by atoms with van der Waals surface area (Å²) in [6, 6.07) is 13.5. The Labute approximate surface area is 174 Å². The second kappa shape index (κ2) is 9.62. The molecule has 2 rings (SSSR count). The van der Waals surface area contributed by atoms with Crippen LogP contribution in [0.1, 0.15) is 19.4 Å². The van der Waals surface area contributed by atoms with Crippen molar-refractivity contribution in [2.45, 2.75) is 20.8 Å².